The number of carbonyl (C=O) groups is 1. The van der Waals surface area contributed by atoms with Crippen molar-refractivity contribution in [1.29, 1.82) is 0 Å². The van der Waals surface area contributed by atoms with Crippen molar-refractivity contribution < 1.29 is 23.1 Å². The highest BCUT2D eigenvalue weighted by Crippen LogP contribution is 2.47. The van der Waals surface area contributed by atoms with Crippen LogP contribution < -0.4 is 0 Å². The van der Waals surface area contributed by atoms with Crippen LogP contribution >= 0.6 is 0 Å². The van der Waals surface area contributed by atoms with Crippen LogP contribution in [0.4, 0.5) is 13.2 Å². The fourth-order valence-corrected chi connectivity index (χ4v) is 5.76. The summed E-state index contributed by atoms with van der Waals surface area (Å²) in [5.74, 6) is -0.321. The summed E-state index contributed by atoms with van der Waals surface area (Å²) in [5.41, 5.74) is 0.757. The second-order valence-corrected chi connectivity index (χ2v) is 9.16. The van der Waals surface area contributed by atoms with Crippen LogP contribution in [-0.4, -0.2) is 44.2 Å². The van der Waals surface area contributed by atoms with Gasteiger partial charge in [-0.15, -0.1) is 0 Å². The zero-order valence-electron chi connectivity index (χ0n) is 18.1. The molecule has 174 valence electrons. The Balaban J connectivity index is 1.48. The van der Waals surface area contributed by atoms with Gasteiger partial charge in [0.2, 0.25) is 0 Å². The predicted molar refractivity (Wildman–Crippen MR) is 118 cm³/mol. The Kier molecular flexibility index (Phi) is 5.43. The third-order valence-corrected chi connectivity index (χ3v) is 7.24. The normalized spacial score (nSPS) is 25.8. The minimum atomic E-state index is -4.38. The zero-order chi connectivity index (χ0) is 23.2. The molecule has 2 fully saturated rings. The van der Waals surface area contributed by atoms with Gasteiger partial charge >= 0.3 is 6.18 Å². The fraction of sp³-hybridized carbons (Fsp3) is 0.440. The Bertz CT molecular complexity index is 1160. The van der Waals surface area contributed by atoms with Crippen molar-refractivity contribution in [1.82, 2.24) is 14.5 Å². The third kappa shape index (κ3) is 3.90. The number of aliphatic hydroxyl groups is 1. The minimum Gasteiger partial charge on any atom is -0.385 e. The van der Waals surface area contributed by atoms with Crippen LogP contribution in [0.25, 0.3) is 11.0 Å². The molecule has 0 bridgehead atoms. The molecule has 1 saturated heterocycles. The lowest BCUT2D eigenvalue weighted by Gasteiger charge is -2.52. The summed E-state index contributed by atoms with van der Waals surface area (Å²) in [5, 5.41) is 11.7. The van der Waals surface area contributed by atoms with E-state index >= 15 is 0 Å². The maximum Gasteiger partial charge on any atom is 0.406 e. The van der Waals surface area contributed by atoms with E-state index in [4.69, 9.17) is 0 Å². The van der Waals surface area contributed by atoms with Crippen LogP contribution in [0.3, 0.4) is 0 Å². The minimum absolute atomic E-state index is 0.0895. The molecule has 1 aromatic heterocycles. The van der Waals surface area contributed by atoms with Crippen molar-refractivity contribution in [2.45, 2.75) is 56.5 Å². The number of amides is 1. The first kappa shape index (κ1) is 21.9. The standard InChI is InChI=1S/C25H26F3N3O2/c26-25(27,28)15-30-16-29-22-18(9-6-12-21(22)30)23(32)31-14-13-24(33,17-7-2-1-3-8-17)19-10-4-5-11-20(19)31/h1-3,6-9,12,16,19-20,33H,4-5,10-11,13-15H2/t19-,20+,24?/m1/s1. The Hall–Kier alpha value is -2.87. The molecule has 5 nitrogen and oxygen atoms in total. The highest BCUT2D eigenvalue weighted by Gasteiger charge is 2.50. The quantitative estimate of drug-likeness (QED) is 0.609. The average Bonchev–Trinajstić information content (AvgIpc) is 3.21. The van der Waals surface area contributed by atoms with Gasteiger partial charge in [0, 0.05) is 18.5 Å². The Morgan fingerprint density at radius 2 is 1.85 bits per heavy atom. The van der Waals surface area contributed by atoms with E-state index in [0.717, 1.165) is 42.1 Å². The van der Waals surface area contributed by atoms with Gasteiger partial charge in [-0.3, -0.25) is 4.79 Å². The first-order chi connectivity index (χ1) is 15.8. The van der Waals surface area contributed by atoms with Gasteiger partial charge < -0.3 is 14.6 Å². The van der Waals surface area contributed by atoms with E-state index < -0.39 is 18.3 Å². The van der Waals surface area contributed by atoms with E-state index in [-0.39, 0.29) is 28.9 Å². The molecule has 3 aromatic rings. The van der Waals surface area contributed by atoms with Gasteiger partial charge in [0.25, 0.3) is 5.91 Å². The van der Waals surface area contributed by atoms with Crippen LogP contribution in [0.5, 0.6) is 0 Å². The summed E-state index contributed by atoms with van der Waals surface area (Å²) in [7, 11) is 0. The van der Waals surface area contributed by atoms with Crippen LogP contribution in [0.1, 0.15) is 48.0 Å². The number of para-hydroxylation sites is 1. The SMILES string of the molecule is O=C(c1cccc2c1ncn2CC(F)(F)F)N1CCC(O)(c2ccccc2)[C@@H]2CCCC[C@@H]21. The molecule has 33 heavy (non-hydrogen) atoms. The molecule has 1 N–H and O–H groups in total. The van der Waals surface area contributed by atoms with Crippen molar-refractivity contribution >= 4 is 16.9 Å². The molecule has 1 saturated carbocycles. The molecular formula is C25H26F3N3O2. The number of piperidine rings is 1. The summed E-state index contributed by atoms with van der Waals surface area (Å²) < 4.78 is 39.9. The Labute approximate surface area is 189 Å². The maximum absolute atomic E-state index is 13.7. The summed E-state index contributed by atoms with van der Waals surface area (Å²) >= 11 is 0. The van der Waals surface area contributed by atoms with E-state index in [2.05, 4.69) is 4.98 Å². The molecular weight excluding hydrogens is 431 g/mol. The first-order valence-electron chi connectivity index (χ1n) is 11.4. The smallest absolute Gasteiger partial charge is 0.385 e. The topological polar surface area (TPSA) is 58.4 Å². The number of hydrogen-bond donors (Lipinski definition) is 1. The third-order valence-electron chi connectivity index (χ3n) is 7.24. The first-order valence-corrected chi connectivity index (χ1v) is 11.4. The molecule has 0 spiro atoms. The number of hydrogen-bond acceptors (Lipinski definition) is 3. The van der Waals surface area contributed by atoms with Gasteiger partial charge in [-0.2, -0.15) is 13.2 Å². The number of halogens is 3. The molecule has 2 aromatic carbocycles. The second-order valence-electron chi connectivity index (χ2n) is 9.16. The van der Waals surface area contributed by atoms with Crippen molar-refractivity contribution in [3.63, 3.8) is 0 Å². The van der Waals surface area contributed by atoms with Crippen molar-refractivity contribution in [3.8, 4) is 0 Å². The molecule has 2 aliphatic rings. The molecule has 3 atom stereocenters. The maximum atomic E-state index is 13.7. The number of rotatable bonds is 3. The van der Waals surface area contributed by atoms with Crippen molar-refractivity contribution in [2.24, 2.45) is 5.92 Å². The Morgan fingerprint density at radius 1 is 1.09 bits per heavy atom. The molecule has 1 aliphatic heterocycles. The van der Waals surface area contributed by atoms with Gasteiger partial charge in [-0.05, 0) is 37.0 Å². The molecule has 0 radical (unpaired) electrons. The number of imidazole rings is 1. The lowest BCUT2D eigenvalue weighted by atomic mass is 9.66. The number of carbonyl (C=O) groups excluding carboxylic acids is 1. The second kappa shape index (κ2) is 8.17. The molecule has 1 unspecified atom stereocenters. The highest BCUT2D eigenvalue weighted by atomic mass is 19.4. The summed E-state index contributed by atoms with van der Waals surface area (Å²) in [6, 6.07) is 14.3. The van der Waals surface area contributed by atoms with Gasteiger partial charge in [0.05, 0.1) is 23.0 Å². The highest BCUT2D eigenvalue weighted by molar-refractivity contribution is 6.05. The van der Waals surface area contributed by atoms with Gasteiger partial charge in [-0.1, -0.05) is 49.2 Å². The Morgan fingerprint density at radius 3 is 2.61 bits per heavy atom. The number of fused-ring (bicyclic) bond motifs is 2. The van der Waals surface area contributed by atoms with Crippen LogP contribution in [0, 0.1) is 5.92 Å². The largest absolute Gasteiger partial charge is 0.406 e. The fourth-order valence-electron chi connectivity index (χ4n) is 5.76. The van der Waals surface area contributed by atoms with E-state index in [1.54, 1.807) is 18.2 Å². The molecule has 1 amide bonds. The summed E-state index contributed by atoms with van der Waals surface area (Å²) in [4.78, 5) is 19.7. The number of likely N-dealkylation sites (tertiary alicyclic amines) is 1. The van der Waals surface area contributed by atoms with Crippen LogP contribution in [0.15, 0.2) is 54.9 Å². The molecule has 2 heterocycles. The molecule has 1 aliphatic carbocycles. The number of alkyl halides is 3. The van der Waals surface area contributed by atoms with Gasteiger partial charge in [0.1, 0.15) is 12.1 Å². The molecule has 8 heteroatoms. The van der Waals surface area contributed by atoms with E-state index in [1.807, 2.05) is 35.2 Å². The zero-order valence-corrected chi connectivity index (χ0v) is 18.1. The summed E-state index contributed by atoms with van der Waals surface area (Å²) in [6.45, 7) is -0.773. The van der Waals surface area contributed by atoms with E-state index in [9.17, 15) is 23.1 Å². The lowest BCUT2D eigenvalue weighted by molar-refractivity contribution is -0.140. The number of nitrogens with zero attached hydrogens (tertiary/aromatic N) is 3. The molecule has 5 rings (SSSR count). The van der Waals surface area contributed by atoms with Crippen LogP contribution in [-0.2, 0) is 12.1 Å². The lowest BCUT2D eigenvalue weighted by Crippen LogP contribution is -2.59. The van der Waals surface area contributed by atoms with Crippen LogP contribution in [0.2, 0.25) is 0 Å². The number of aromatic nitrogens is 2. The van der Waals surface area contributed by atoms with Gasteiger partial charge in [0.15, 0.2) is 0 Å². The average molecular weight is 457 g/mol. The van der Waals surface area contributed by atoms with Crippen molar-refractivity contribution in [2.75, 3.05) is 6.54 Å². The van der Waals surface area contributed by atoms with Gasteiger partial charge in [-0.25, -0.2) is 4.98 Å². The van der Waals surface area contributed by atoms with Crippen molar-refractivity contribution in [3.05, 3.63) is 66.0 Å². The summed E-state index contributed by atoms with van der Waals surface area (Å²) in [6.07, 6.45) is 0.771. The predicted octanol–water partition coefficient (Wildman–Crippen LogP) is 4.89. The van der Waals surface area contributed by atoms with E-state index in [0.29, 0.717) is 18.5 Å². The monoisotopic (exact) mass is 457 g/mol. The number of benzene rings is 2. The van der Waals surface area contributed by atoms with E-state index in [1.165, 1.54) is 0 Å².